The summed E-state index contributed by atoms with van der Waals surface area (Å²) in [6.07, 6.45) is 4.60. The number of benzene rings is 1. The molecule has 1 aromatic carbocycles. The number of rotatable bonds is 5. The highest BCUT2D eigenvalue weighted by Gasteiger charge is 2.16. The van der Waals surface area contributed by atoms with E-state index in [1.807, 2.05) is 0 Å². The van der Waals surface area contributed by atoms with E-state index in [4.69, 9.17) is 22.1 Å². The highest BCUT2D eigenvalue weighted by atomic mass is 35.5. The third-order valence-electron chi connectivity index (χ3n) is 3.75. The average Bonchev–Trinajstić information content (AvgIpc) is 2.50. The van der Waals surface area contributed by atoms with E-state index < -0.39 is 0 Å². The van der Waals surface area contributed by atoms with Crippen LogP contribution in [0.4, 0.5) is 5.69 Å². The summed E-state index contributed by atoms with van der Waals surface area (Å²) in [7, 11) is 1.51. The van der Waals surface area contributed by atoms with Gasteiger partial charge in [-0.1, -0.05) is 18.0 Å². The number of nitrogens with one attached hydrogen (secondary N) is 2. The number of nitrogens with two attached hydrogens (primary N) is 1. The highest BCUT2D eigenvalue weighted by molar-refractivity contribution is 6.33. The molecule has 116 valence electrons. The zero-order valence-electron chi connectivity index (χ0n) is 12.2. The van der Waals surface area contributed by atoms with Gasteiger partial charge >= 0.3 is 0 Å². The van der Waals surface area contributed by atoms with Gasteiger partial charge in [-0.2, -0.15) is 0 Å². The summed E-state index contributed by atoms with van der Waals surface area (Å²) >= 11 is 5.97. The Morgan fingerprint density at radius 1 is 1.52 bits per heavy atom. The lowest BCUT2D eigenvalue weighted by molar-refractivity contribution is 0.0948. The lowest BCUT2D eigenvalue weighted by atomic mass is 10.0. The molecule has 1 atom stereocenters. The van der Waals surface area contributed by atoms with Gasteiger partial charge in [0.1, 0.15) is 5.75 Å². The first kappa shape index (κ1) is 15.9. The number of nitrogen functional groups attached to an aromatic ring is 1. The van der Waals surface area contributed by atoms with Crippen molar-refractivity contribution >= 4 is 23.2 Å². The number of hydrogen-bond acceptors (Lipinski definition) is 4. The second kappa shape index (κ2) is 7.52. The molecule has 0 spiro atoms. The number of amides is 1. The molecule has 6 heteroatoms. The molecular formula is C15H22ClN3O2. The first-order valence-electron chi connectivity index (χ1n) is 7.26. The lowest BCUT2D eigenvalue weighted by Crippen LogP contribution is -2.37. The summed E-state index contributed by atoms with van der Waals surface area (Å²) < 4.78 is 5.19. The fraction of sp³-hybridized carbons (Fsp3) is 0.533. The molecule has 1 fully saturated rings. The predicted molar refractivity (Wildman–Crippen MR) is 85.0 cm³/mol. The Balaban J connectivity index is 1.92. The van der Waals surface area contributed by atoms with Crippen molar-refractivity contribution in [2.45, 2.75) is 31.7 Å². The molecule has 4 N–H and O–H groups in total. The van der Waals surface area contributed by atoms with E-state index in [2.05, 4.69) is 10.6 Å². The fourth-order valence-electron chi connectivity index (χ4n) is 2.54. The number of hydrogen-bond donors (Lipinski definition) is 3. The maximum atomic E-state index is 12.2. The van der Waals surface area contributed by atoms with Gasteiger partial charge in [0.05, 0.1) is 23.4 Å². The molecule has 1 aromatic rings. The summed E-state index contributed by atoms with van der Waals surface area (Å²) in [4.78, 5) is 12.2. The monoisotopic (exact) mass is 311 g/mol. The Labute approximate surface area is 130 Å². The molecule has 0 radical (unpaired) electrons. The van der Waals surface area contributed by atoms with Gasteiger partial charge in [-0.3, -0.25) is 4.79 Å². The van der Waals surface area contributed by atoms with Gasteiger partial charge in [0.25, 0.3) is 5.91 Å². The van der Waals surface area contributed by atoms with E-state index in [0.29, 0.717) is 34.6 Å². The number of carbonyl (C=O) groups is 1. The molecule has 1 heterocycles. The number of piperidine rings is 1. The third-order valence-corrected chi connectivity index (χ3v) is 4.08. The Morgan fingerprint density at radius 3 is 3.00 bits per heavy atom. The van der Waals surface area contributed by atoms with E-state index >= 15 is 0 Å². The summed E-state index contributed by atoms with van der Waals surface area (Å²) in [5, 5.41) is 6.72. The molecule has 0 aromatic heterocycles. The summed E-state index contributed by atoms with van der Waals surface area (Å²) in [6, 6.07) is 3.61. The summed E-state index contributed by atoms with van der Waals surface area (Å²) in [5.41, 5.74) is 6.52. The largest absolute Gasteiger partial charge is 0.496 e. The van der Waals surface area contributed by atoms with Crippen molar-refractivity contribution in [1.82, 2.24) is 10.6 Å². The topological polar surface area (TPSA) is 76.4 Å². The average molecular weight is 312 g/mol. The highest BCUT2D eigenvalue weighted by Crippen LogP contribution is 2.28. The van der Waals surface area contributed by atoms with Crippen LogP contribution in [0.25, 0.3) is 0 Å². The summed E-state index contributed by atoms with van der Waals surface area (Å²) in [6.45, 7) is 1.70. The predicted octanol–water partition coefficient (Wildman–Crippen LogP) is 2.19. The third kappa shape index (κ3) is 4.25. The maximum Gasteiger partial charge on any atom is 0.255 e. The van der Waals surface area contributed by atoms with Crippen LogP contribution in [0.5, 0.6) is 5.75 Å². The van der Waals surface area contributed by atoms with Crippen molar-refractivity contribution in [2.75, 3.05) is 25.9 Å². The second-order valence-electron chi connectivity index (χ2n) is 5.27. The van der Waals surface area contributed by atoms with Crippen LogP contribution in [0, 0.1) is 0 Å². The van der Waals surface area contributed by atoms with Gasteiger partial charge in [0.2, 0.25) is 0 Å². The Morgan fingerprint density at radius 2 is 2.33 bits per heavy atom. The van der Waals surface area contributed by atoms with E-state index in [1.54, 1.807) is 12.1 Å². The molecule has 0 bridgehead atoms. The van der Waals surface area contributed by atoms with E-state index in [9.17, 15) is 4.79 Å². The SMILES string of the molecule is COc1cc(N)c(Cl)cc1C(=O)NCCC1CCCCN1. The molecule has 1 saturated heterocycles. The zero-order valence-corrected chi connectivity index (χ0v) is 13.0. The van der Waals surface area contributed by atoms with Crippen molar-refractivity contribution in [3.05, 3.63) is 22.7 Å². The minimum Gasteiger partial charge on any atom is -0.496 e. The molecule has 1 amide bonds. The van der Waals surface area contributed by atoms with E-state index in [1.165, 1.54) is 26.4 Å². The Hall–Kier alpha value is -1.46. The van der Waals surface area contributed by atoms with Crippen LogP contribution in [-0.2, 0) is 0 Å². The lowest BCUT2D eigenvalue weighted by Gasteiger charge is -2.23. The van der Waals surface area contributed by atoms with Gasteiger partial charge in [-0.25, -0.2) is 0 Å². The molecule has 0 aliphatic carbocycles. The second-order valence-corrected chi connectivity index (χ2v) is 5.67. The van der Waals surface area contributed by atoms with Crippen LogP contribution in [0.3, 0.4) is 0 Å². The Kier molecular flexibility index (Phi) is 5.70. The van der Waals surface area contributed by atoms with E-state index in [0.717, 1.165) is 13.0 Å². The van der Waals surface area contributed by atoms with Crippen molar-refractivity contribution in [1.29, 1.82) is 0 Å². The molecule has 1 aliphatic heterocycles. The first-order chi connectivity index (χ1) is 10.1. The molecule has 5 nitrogen and oxygen atoms in total. The fourth-order valence-corrected chi connectivity index (χ4v) is 2.70. The number of halogens is 1. The van der Waals surface area contributed by atoms with Gasteiger partial charge < -0.3 is 21.1 Å². The smallest absolute Gasteiger partial charge is 0.255 e. The molecule has 1 aliphatic rings. The summed E-state index contributed by atoms with van der Waals surface area (Å²) in [5.74, 6) is 0.245. The minimum absolute atomic E-state index is 0.190. The van der Waals surface area contributed by atoms with Crippen molar-refractivity contribution in [3.8, 4) is 5.75 Å². The number of methoxy groups -OCH3 is 1. The van der Waals surface area contributed by atoms with Gasteiger partial charge in [0.15, 0.2) is 0 Å². The normalized spacial score (nSPS) is 18.3. The van der Waals surface area contributed by atoms with Crippen LogP contribution in [-0.4, -0.2) is 32.1 Å². The first-order valence-corrected chi connectivity index (χ1v) is 7.64. The van der Waals surface area contributed by atoms with Crippen LogP contribution in [0.15, 0.2) is 12.1 Å². The quantitative estimate of drug-likeness (QED) is 0.729. The van der Waals surface area contributed by atoms with Crippen molar-refractivity contribution in [2.24, 2.45) is 0 Å². The van der Waals surface area contributed by atoms with E-state index in [-0.39, 0.29) is 5.91 Å². The molecule has 2 rings (SSSR count). The molecule has 21 heavy (non-hydrogen) atoms. The van der Waals surface area contributed by atoms with Crippen LogP contribution in [0.2, 0.25) is 5.02 Å². The van der Waals surface area contributed by atoms with Gasteiger partial charge in [-0.15, -0.1) is 0 Å². The standard InChI is InChI=1S/C15H22ClN3O2/c1-21-14-9-13(17)12(16)8-11(14)15(20)19-7-5-10-4-2-3-6-18-10/h8-10,18H,2-7,17H2,1H3,(H,19,20). The maximum absolute atomic E-state index is 12.2. The Bertz CT molecular complexity index is 502. The van der Waals surface area contributed by atoms with Crippen LogP contribution in [0.1, 0.15) is 36.0 Å². The van der Waals surface area contributed by atoms with Gasteiger partial charge in [0, 0.05) is 18.7 Å². The van der Waals surface area contributed by atoms with Gasteiger partial charge in [-0.05, 0) is 31.9 Å². The number of anilines is 1. The zero-order chi connectivity index (χ0) is 15.2. The minimum atomic E-state index is -0.190. The van der Waals surface area contributed by atoms with Crippen LogP contribution >= 0.6 is 11.6 Å². The number of carbonyl (C=O) groups excluding carboxylic acids is 1. The van der Waals surface area contributed by atoms with Crippen molar-refractivity contribution < 1.29 is 9.53 Å². The van der Waals surface area contributed by atoms with Crippen LogP contribution < -0.4 is 21.1 Å². The molecule has 1 unspecified atom stereocenters. The molecule has 0 saturated carbocycles. The number of ether oxygens (including phenoxy) is 1. The molecular weight excluding hydrogens is 290 g/mol. The van der Waals surface area contributed by atoms with Crippen molar-refractivity contribution in [3.63, 3.8) is 0 Å².